The van der Waals surface area contributed by atoms with Gasteiger partial charge in [0.1, 0.15) is 0 Å². The Hall–Kier alpha value is -1.96. The summed E-state index contributed by atoms with van der Waals surface area (Å²) in [5.41, 5.74) is 5.41. The summed E-state index contributed by atoms with van der Waals surface area (Å²) in [6, 6.07) is 2.09. The van der Waals surface area contributed by atoms with E-state index in [9.17, 15) is 4.79 Å². The fourth-order valence-electron chi connectivity index (χ4n) is 6.51. The fourth-order valence-corrected chi connectivity index (χ4v) is 8.00. The lowest BCUT2D eigenvalue weighted by Crippen LogP contribution is -2.36. The summed E-state index contributed by atoms with van der Waals surface area (Å²) in [7, 11) is 1.67. The third-order valence-corrected chi connectivity index (χ3v) is 10.1. The lowest BCUT2D eigenvalue weighted by atomic mass is 9.77. The van der Waals surface area contributed by atoms with E-state index in [0.29, 0.717) is 24.3 Å². The van der Waals surface area contributed by atoms with E-state index < -0.39 is 0 Å². The lowest BCUT2D eigenvalue weighted by molar-refractivity contribution is -0.183. The first kappa shape index (κ1) is 25.7. The van der Waals surface area contributed by atoms with Crippen molar-refractivity contribution in [3.05, 3.63) is 43.8 Å². The number of aryl methyl sites for hydroxylation is 3. The van der Waals surface area contributed by atoms with Crippen molar-refractivity contribution in [2.45, 2.75) is 84.3 Å². The van der Waals surface area contributed by atoms with Crippen LogP contribution in [0, 0.1) is 26.7 Å². The van der Waals surface area contributed by atoms with Crippen LogP contribution in [-0.4, -0.2) is 55.0 Å². The number of nitrogens with zero attached hydrogens (tertiary/aromatic N) is 2. The predicted octanol–water partition coefficient (Wildman–Crippen LogP) is 5.74. The van der Waals surface area contributed by atoms with Gasteiger partial charge in [-0.25, -0.2) is 4.98 Å². The van der Waals surface area contributed by atoms with Gasteiger partial charge < -0.3 is 19.1 Å². The van der Waals surface area contributed by atoms with Gasteiger partial charge >= 0.3 is 0 Å². The molecule has 2 aliphatic heterocycles. The minimum atomic E-state index is -0.317. The van der Waals surface area contributed by atoms with Crippen LogP contribution in [0.1, 0.15) is 87.4 Å². The SMILES string of the molecule is COc1nc(C)cc(C)c1CCN1CCCc2sc([C@H](C)C3CCC4(CC3)OCCO4)c(C)c2C1=O. The van der Waals surface area contributed by atoms with Gasteiger partial charge in [-0.05, 0) is 81.9 Å². The van der Waals surface area contributed by atoms with Crippen molar-refractivity contribution in [1.29, 1.82) is 0 Å². The molecule has 0 N–H and O–H groups in total. The number of methoxy groups -OCH3 is 1. The van der Waals surface area contributed by atoms with Crippen molar-refractivity contribution in [3.63, 3.8) is 0 Å². The zero-order valence-electron chi connectivity index (χ0n) is 22.4. The van der Waals surface area contributed by atoms with Gasteiger partial charge in [-0.3, -0.25) is 4.79 Å². The van der Waals surface area contributed by atoms with Gasteiger partial charge in [0.25, 0.3) is 5.91 Å². The topological polar surface area (TPSA) is 60.9 Å². The maximum Gasteiger partial charge on any atom is 0.255 e. The third-order valence-electron chi connectivity index (χ3n) is 8.58. The van der Waals surface area contributed by atoms with Gasteiger partial charge in [-0.15, -0.1) is 11.3 Å². The molecule has 1 spiro atoms. The van der Waals surface area contributed by atoms with Crippen LogP contribution in [0.2, 0.25) is 0 Å². The zero-order chi connectivity index (χ0) is 25.4. The van der Waals surface area contributed by atoms with Crippen LogP contribution in [-0.2, 0) is 22.3 Å². The molecule has 7 heteroatoms. The molecular weight excluding hydrogens is 472 g/mol. The smallest absolute Gasteiger partial charge is 0.255 e. The van der Waals surface area contributed by atoms with Gasteiger partial charge in [0.05, 0.1) is 25.9 Å². The van der Waals surface area contributed by atoms with E-state index in [1.54, 1.807) is 7.11 Å². The summed E-state index contributed by atoms with van der Waals surface area (Å²) in [6.07, 6.45) is 6.95. The van der Waals surface area contributed by atoms with Gasteiger partial charge in [-0.1, -0.05) is 6.92 Å². The minimum Gasteiger partial charge on any atom is -0.481 e. The molecule has 2 aromatic heterocycles. The second-order valence-electron chi connectivity index (χ2n) is 10.8. The summed E-state index contributed by atoms with van der Waals surface area (Å²) in [5, 5.41) is 0. The van der Waals surface area contributed by atoms with Crippen LogP contribution in [0.25, 0.3) is 0 Å². The number of ether oxygens (including phenoxy) is 3. The maximum absolute atomic E-state index is 13.8. The fraction of sp³-hybridized carbons (Fsp3) is 0.655. The molecule has 0 radical (unpaired) electrons. The summed E-state index contributed by atoms with van der Waals surface area (Å²) in [4.78, 5) is 23.1. The van der Waals surface area contributed by atoms with Crippen LogP contribution >= 0.6 is 11.3 Å². The van der Waals surface area contributed by atoms with Crippen LogP contribution in [0.3, 0.4) is 0 Å². The Bertz CT molecular complexity index is 1110. The molecule has 3 aliphatic rings. The van der Waals surface area contributed by atoms with Crippen molar-refractivity contribution < 1.29 is 19.0 Å². The summed E-state index contributed by atoms with van der Waals surface area (Å²) in [5.74, 6) is 1.62. The zero-order valence-corrected chi connectivity index (χ0v) is 23.3. The number of aromatic nitrogens is 1. The van der Waals surface area contributed by atoms with E-state index in [2.05, 4.69) is 36.7 Å². The molecule has 1 atom stereocenters. The molecule has 4 heterocycles. The van der Waals surface area contributed by atoms with Gasteiger partial charge in [0, 0.05) is 46.9 Å². The molecule has 1 aliphatic carbocycles. The number of carbonyl (C=O) groups is 1. The first-order chi connectivity index (χ1) is 17.3. The molecule has 5 rings (SSSR count). The summed E-state index contributed by atoms with van der Waals surface area (Å²) < 4.78 is 17.5. The molecule has 1 saturated carbocycles. The Morgan fingerprint density at radius 2 is 1.94 bits per heavy atom. The summed E-state index contributed by atoms with van der Waals surface area (Å²) in [6.45, 7) is 11.6. The third kappa shape index (κ3) is 4.82. The largest absolute Gasteiger partial charge is 0.481 e. The lowest BCUT2D eigenvalue weighted by Gasteiger charge is -2.37. The molecule has 36 heavy (non-hydrogen) atoms. The van der Waals surface area contributed by atoms with Gasteiger partial charge in [0.2, 0.25) is 5.88 Å². The van der Waals surface area contributed by atoms with Crippen LogP contribution in [0.15, 0.2) is 6.07 Å². The van der Waals surface area contributed by atoms with Crippen LogP contribution in [0.5, 0.6) is 5.88 Å². The monoisotopic (exact) mass is 512 g/mol. The number of pyridine rings is 1. The molecule has 196 valence electrons. The van der Waals surface area contributed by atoms with Crippen molar-refractivity contribution in [3.8, 4) is 5.88 Å². The molecular formula is C29H40N2O4S. The highest BCUT2D eigenvalue weighted by atomic mass is 32.1. The van der Waals surface area contributed by atoms with E-state index in [-0.39, 0.29) is 11.7 Å². The van der Waals surface area contributed by atoms with E-state index in [4.69, 9.17) is 14.2 Å². The number of hydrogen-bond donors (Lipinski definition) is 0. The average molecular weight is 513 g/mol. The Labute approximate surface area is 219 Å². The predicted molar refractivity (Wildman–Crippen MR) is 142 cm³/mol. The number of rotatable bonds is 6. The molecule has 2 fully saturated rings. The van der Waals surface area contributed by atoms with Gasteiger partial charge in [0.15, 0.2) is 5.79 Å². The Morgan fingerprint density at radius 1 is 1.22 bits per heavy atom. The Morgan fingerprint density at radius 3 is 2.64 bits per heavy atom. The molecule has 6 nitrogen and oxygen atoms in total. The standard InChI is InChI=1S/C29H40N2O4S/c1-18-17-19(2)30-27(33-5)23(18)10-14-31-13-6-7-24-25(28(31)32)21(4)26(36-24)20(3)22-8-11-29(12-9-22)34-15-16-35-29/h17,20,22H,6-16H2,1-5H3/t20-/m1/s1. The number of amides is 1. The van der Waals surface area contributed by atoms with Crippen molar-refractivity contribution >= 4 is 17.2 Å². The highest BCUT2D eigenvalue weighted by molar-refractivity contribution is 7.12. The van der Waals surface area contributed by atoms with Crippen LogP contribution < -0.4 is 4.74 Å². The normalized spacial score (nSPS) is 21.0. The Kier molecular flexibility index (Phi) is 7.44. The molecule has 1 saturated heterocycles. The quantitative estimate of drug-likeness (QED) is 0.494. The Balaban J connectivity index is 1.31. The van der Waals surface area contributed by atoms with Crippen molar-refractivity contribution in [1.82, 2.24) is 9.88 Å². The molecule has 0 bridgehead atoms. The van der Waals surface area contributed by atoms with E-state index in [0.717, 1.165) is 81.5 Å². The van der Waals surface area contributed by atoms with E-state index >= 15 is 0 Å². The first-order valence-electron chi connectivity index (χ1n) is 13.5. The number of carbonyl (C=O) groups excluding carboxylic acids is 1. The number of hydrogen-bond acceptors (Lipinski definition) is 6. The van der Waals surface area contributed by atoms with Gasteiger partial charge in [-0.2, -0.15) is 0 Å². The van der Waals surface area contributed by atoms with Crippen LogP contribution in [0.4, 0.5) is 0 Å². The second-order valence-corrected chi connectivity index (χ2v) is 12.0. The number of thiophene rings is 1. The highest BCUT2D eigenvalue weighted by Gasteiger charge is 2.42. The molecule has 2 aromatic rings. The second kappa shape index (κ2) is 10.4. The highest BCUT2D eigenvalue weighted by Crippen LogP contribution is 2.46. The molecule has 1 amide bonds. The minimum absolute atomic E-state index is 0.196. The van der Waals surface area contributed by atoms with Crippen molar-refractivity contribution in [2.24, 2.45) is 5.92 Å². The number of fused-ring (bicyclic) bond motifs is 1. The average Bonchev–Trinajstić information content (AvgIpc) is 3.41. The molecule has 0 unspecified atom stereocenters. The first-order valence-corrected chi connectivity index (χ1v) is 14.3. The van der Waals surface area contributed by atoms with E-state index in [1.807, 2.05) is 18.3 Å². The van der Waals surface area contributed by atoms with Crippen molar-refractivity contribution in [2.75, 3.05) is 33.4 Å². The summed E-state index contributed by atoms with van der Waals surface area (Å²) >= 11 is 1.89. The molecule has 0 aromatic carbocycles. The van der Waals surface area contributed by atoms with E-state index in [1.165, 1.54) is 20.9 Å². The maximum atomic E-state index is 13.8.